The summed E-state index contributed by atoms with van der Waals surface area (Å²) >= 11 is 0. The summed E-state index contributed by atoms with van der Waals surface area (Å²) < 4.78 is 7.13. The Kier molecular flexibility index (Phi) is 9.12. The molecule has 0 spiro atoms. The van der Waals surface area contributed by atoms with Gasteiger partial charge < -0.3 is 20.3 Å². The van der Waals surface area contributed by atoms with Crippen molar-refractivity contribution in [3.05, 3.63) is 103 Å². The van der Waals surface area contributed by atoms with Gasteiger partial charge in [0, 0.05) is 56.5 Å². The first-order chi connectivity index (χ1) is 22.5. The maximum Gasteiger partial charge on any atom is 0.327 e. The molecule has 12 nitrogen and oxygen atoms in total. The average molecular weight is 615 g/mol. The lowest BCUT2D eigenvalue weighted by molar-refractivity contribution is 0.180. The van der Waals surface area contributed by atoms with Crippen LogP contribution in [0.15, 0.2) is 91.5 Å². The van der Waals surface area contributed by atoms with Crippen molar-refractivity contribution in [1.82, 2.24) is 30.0 Å². The lowest BCUT2D eigenvalue weighted by Crippen LogP contribution is -2.37. The fraction of sp³-hybridized carbons (Fsp3) is 0.235. The first-order valence-electron chi connectivity index (χ1n) is 15.0. The van der Waals surface area contributed by atoms with Crippen LogP contribution in [0.25, 0.3) is 11.1 Å². The Hall–Kier alpha value is -5.80. The van der Waals surface area contributed by atoms with Gasteiger partial charge in [-0.2, -0.15) is 15.3 Å². The van der Waals surface area contributed by atoms with Crippen LogP contribution < -0.4 is 20.4 Å². The van der Waals surface area contributed by atoms with Gasteiger partial charge in [-0.05, 0) is 54.8 Å². The van der Waals surface area contributed by atoms with Gasteiger partial charge in [0.1, 0.15) is 17.5 Å². The van der Waals surface area contributed by atoms with E-state index in [1.165, 1.54) is 0 Å². The minimum atomic E-state index is -0.317. The SMILES string of the molecule is COC[C@@H]1CCCN1c1nc(Nc2ccc(N(C(=O)NCc3ccccc3)c3ccc(-c4cnn(C)c4)cn3)cc2)ncc1C#N. The highest BCUT2D eigenvalue weighted by atomic mass is 16.5. The zero-order chi connectivity index (χ0) is 31.9. The molecule has 1 aliphatic heterocycles. The van der Waals surface area contributed by atoms with Crippen LogP contribution >= 0.6 is 0 Å². The highest BCUT2D eigenvalue weighted by Gasteiger charge is 2.28. The van der Waals surface area contributed by atoms with Crippen LogP contribution in [0, 0.1) is 11.3 Å². The Morgan fingerprint density at radius 1 is 1.04 bits per heavy atom. The molecule has 2 amide bonds. The number of anilines is 5. The third-order valence-corrected chi connectivity index (χ3v) is 7.78. The lowest BCUT2D eigenvalue weighted by atomic mass is 10.1. The highest BCUT2D eigenvalue weighted by Crippen LogP contribution is 2.30. The number of nitrogens with zero attached hydrogens (tertiary/aromatic N) is 8. The topological polar surface area (TPSA) is 137 Å². The molecule has 2 aromatic carbocycles. The van der Waals surface area contributed by atoms with E-state index in [-0.39, 0.29) is 12.1 Å². The van der Waals surface area contributed by atoms with Crippen LogP contribution in [0.3, 0.4) is 0 Å². The van der Waals surface area contributed by atoms with Crippen molar-refractivity contribution >= 4 is 35.0 Å². The first kappa shape index (κ1) is 30.2. The number of nitrogens with one attached hydrogen (secondary N) is 2. The highest BCUT2D eigenvalue weighted by molar-refractivity contribution is 5.98. The third kappa shape index (κ3) is 6.80. The summed E-state index contributed by atoms with van der Waals surface area (Å²) in [6.07, 6.45) is 8.94. The maximum absolute atomic E-state index is 13.6. The van der Waals surface area contributed by atoms with Gasteiger partial charge in [0.15, 0.2) is 5.82 Å². The second kappa shape index (κ2) is 13.9. The third-order valence-electron chi connectivity index (χ3n) is 7.78. The predicted octanol–water partition coefficient (Wildman–Crippen LogP) is 5.55. The van der Waals surface area contributed by atoms with Crippen LogP contribution in [-0.2, 0) is 18.3 Å². The first-order valence-corrected chi connectivity index (χ1v) is 15.0. The normalized spacial score (nSPS) is 14.1. The van der Waals surface area contributed by atoms with Crippen LogP contribution in [-0.4, -0.2) is 57.1 Å². The molecule has 46 heavy (non-hydrogen) atoms. The number of rotatable bonds is 10. The molecule has 2 N–H and O–H groups in total. The maximum atomic E-state index is 13.6. The van der Waals surface area contributed by atoms with Crippen LogP contribution in [0.2, 0.25) is 0 Å². The summed E-state index contributed by atoms with van der Waals surface area (Å²) in [6.45, 7) is 1.73. The molecule has 3 aromatic heterocycles. The van der Waals surface area contributed by atoms with E-state index in [4.69, 9.17) is 9.72 Å². The second-order valence-electron chi connectivity index (χ2n) is 10.9. The predicted molar refractivity (Wildman–Crippen MR) is 176 cm³/mol. The molecule has 1 atom stereocenters. The fourth-order valence-corrected chi connectivity index (χ4v) is 5.50. The van der Waals surface area contributed by atoms with E-state index in [0.717, 1.165) is 41.8 Å². The number of amides is 2. The van der Waals surface area contributed by atoms with E-state index in [1.807, 2.05) is 80.0 Å². The van der Waals surface area contributed by atoms with E-state index in [1.54, 1.807) is 35.3 Å². The second-order valence-corrected chi connectivity index (χ2v) is 10.9. The van der Waals surface area contributed by atoms with E-state index in [9.17, 15) is 10.1 Å². The van der Waals surface area contributed by atoms with Gasteiger partial charge in [0.05, 0.1) is 30.7 Å². The van der Waals surface area contributed by atoms with Gasteiger partial charge in [-0.3, -0.25) is 4.68 Å². The molecule has 6 rings (SSSR count). The average Bonchev–Trinajstić information content (AvgIpc) is 3.74. The standard InChI is InChI=1S/C34H34N10O2/c1-42-22-27(21-39-42)25-10-15-31(36-19-25)44(34(45)38-18-24-7-4-3-5-8-24)29-13-11-28(12-14-29)40-33-37-20-26(17-35)32(41-33)43-16-6-9-30(43)23-46-2/h3-5,7-8,10-15,19-22,30H,6,9,16,18,23H2,1-2H3,(H,38,45)(H,37,40,41)/t30-/m0/s1. The van der Waals surface area contributed by atoms with Gasteiger partial charge >= 0.3 is 6.03 Å². The quantitative estimate of drug-likeness (QED) is 0.207. The van der Waals surface area contributed by atoms with Crippen molar-refractivity contribution in [1.29, 1.82) is 5.26 Å². The molecule has 1 fully saturated rings. The number of nitriles is 1. The number of urea groups is 1. The number of carbonyl (C=O) groups is 1. The monoisotopic (exact) mass is 614 g/mol. The molecule has 0 bridgehead atoms. The van der Waals surface area contributed by atoms with E-state index in [0.29, 0.717) is 42.0 Å². The van der Waals surface area contributed by atoms with Gasteiger partial charge in [0.2, 0.25) is 5.95 Å². The molecular formula is C34H34N10O2. The minimum Gasteiger partial charge on any atom is -0.383 e. The number of hydrogen-bond acceptors (Lipinski definition) is 9. The molecule has 4 heterocycles. The van der Waals surface area contributed by atoms with Crippen molar-refractivity contribution in [2.75, 3.05) is 35.4 Å². The Morgan fingerprint density at radius 2 is 1.87 bits per heavy atom. The zero-order valence-electron chi connectivity index (χ0n) is 25.7. The number of hydrogen-bond donors (Lipinski definition) is 2. The number of aromatic nitrogens is 5. The number of methoxy groups -OCH3 is 1. The molecule has 12 heteroatoms. The van der Waals surface area contributed by atoms with Crippen LogP contribution in [0.4, 0.5) is 33.8 Å². The largest absolute Gasteiger partial charge is 0.383 e. The van der Waals surface area contributed by atoms with Gasteiger partial charge in [-0.15, -0.1) is 0 Å². The number of carbonyl (C=O) groups excluding carboxylic acids is 1. The van der Waals surface area contributed by atoms with Crippen molar-refractivity contribution in [2.45, 2.75) is 25.4 Å². The number of pyridine rings is 1. The minimum absolute atomic E-state index is 0.158. The van der Waals surface area contributed by atoms with Crippen molar-refractivity contribution < 1.29 is 9.53 Å². The zero-order valence-corrected chi connectivity index (χ0v) is 25.7. The van der Waals surface area contributed by atoms with Gasteiger partial charge in [-0.25, -0.2) is 19.7 Å². The smallest absolute Gasteiger partial charge is 0.327 e. The summed E-state index contributed by atoms with van der Waals surface area (Å²) in [5, 5.41) is 20.2. The lowest BCUT2D eigenvalue weighted by Gasteiger charge is -2.26. The van der Waals surface area contributed by atoms with Crippen LogP contribution in [0.1, 0.15) is 24.0 Å². The molecule has 232 valence electrons. The van der Waals surface area contributed by atoms with Crippen molar-refractivity contribution in [3.63, 3.8) is 0 Å². The molecule has 0 unspecified atom stereocenters. The Bertz CT molecular complexity index is 1820. The molecule has 1 aliphatic rings. The summed E-state index contributed by atoms with van der Waals surface area (Å²) in [4.78, 5) is 31.0. The number of benzene rings is 2. The van der Waals surface area contributed by atoms with E-state index in [2.05, 4.69) is 36.7 Å². The molecule has 0 saturated carbocycles. The van der Waals surface area contributed by atoms with Crippen molar-refractivity contribution in [2.24, 2.45) is 7.05 Å². The summed E-state index contributed by atoms with van der Waals surface area (Å²) in [7, 11) is 3.54. The summed E-state index contributed by atoms with van der Waals surface area (Å²) in [5.41, 5.74) is 4.58. The Morgan fingerprint density at radius 3 is 2.57 bits per heavy atom. The van der Waals surface area contributed by atoms with Gasteiger partial charge in [0.25, 0.3) is 0 Å². The summed E-state index contributed by atoms with van der Waals surface area (Å²) in [5.74, 6) is 1.43. The van der Waals surface area contributed by atoms with E-state index < -0.39 is 0 Å². The Labute approximate surface area is 267 Å². The molecule has 0 aliphatic carbocycles. The Balaban J connectivity index is 1.24. The molecule has 0 radical (unpaired) electrons. The molecule has 1 saturated heterocycles. The van der Waals surface area contributed by atoms with E-state index >= 15 is 0 Å². The molecule has 5 aromatic rings. The number of aryl methyl sites for hydroxylation is 1. The van der Waals surface area contributed by atoms with Gasteiger partial charge in [-0.1, -0.05) is 30.3 Å². The summed E-state index contributed by atoms with van der Waals surface area (Å²) in [6, 6.07) is 22.9. The van der Waals surface area contributed by atoms with Crippen molar-refractivity contribution in [3.8, 4) is 17.2 Å². The molecular weight excluding hydrogens is 580 g/mol. The van der Waals surface area contributed by atoms with Crippen LogP contribution in [0.5, 0.6) is 0 Å². The fourth-order valence-electron chi connectivity index (χ4n) is 5.50. The number of ether oxygens (including phenoxy) is 1.